The molecular weight excluding hydrogens is 756 g/mol. The van der Waals surface area contributed by atoms with Crippen molar-refractivity contribution in [3.63, 3.8) is 0 Å². The monoisotopic (exact) mass is 804 g/mol. The van der Waals surface area contributed by atoms with E-state index in [1.54, 1.807) is 12.1 Å². The summed E-state index contributed by atoms with van der Waals surface area (Å²) < 4.78 is 0. The number of fused-ring (bicyclic) bond motifs is 1. The van der Waals surface area contributed by atoms with Gasteiger partial charge in [0.1, 0.15) is 12.1 Å². The lowest BCUT2D eigenvalue weighted by molar-refractivity contribution is -0.136. The summed E-state index contributed by atoms with van der Waals surface area (Å²) in [7, 11) is 0. The third kappa shape index (κ3) is 7.23. The zero-order chi connectivity index (χ0) is 40.1. The average molecular weight is 805 g/mol. The predicted molar refractivity (Wildman–Crippen MR) is 220 cm³/mol. The molecule has 0 aliphatic carbocycles. The number of anilines is 4. The number of halogens is 1. The first-order chi connectivity index (χ1) is 28.1. The van der Waals surface area contributed by atoms with Gasteiger partial charge in [-0.15, -0.1) is 0 Å². The summed E-state index contributed by atoms with van der Waals surface area (Å²) in [6, 6.07) is 12.8. The molecule has 0 bridgehead atoms. The Labute approximate surface area is 343 Å². The standard InChI is InChI=1S/C43H49ClN10O4/c1-28-22-43(27-53(28)32-3-2-30(23-45)36(44)21-32)10-14-51(15-11-43)33-24-46-42(47-25-33)52-18-16-49(17-19-52)26-29-8-12-50(13-9-29)31-4-5-34-35(20-31)41(58)54(40(34)57)37-6-7-38(55)48-39(37)56/h2-5,20-21,24-25,28-29,37H,6-19,22,26-27H2,1H3,(H,48,55,56)/t28-,37?/m0/s1. The van der Waals surface area contributed by atoms with Gasteiger partial charge in [0.05, 0.1) is 39.8 Å². The van der Waals surface area contributed by atoms with E-state index in [-0.39, 0.29) is 24.2 Å². The molecule has 58 heavy (non-hydrogen) atoms. The SMILES string of the molecule is C[C@H]1CC2(CCN(c3cnc(N4CCN(CC5CCN(c6ccc7c(c6)C(=O)N(C6CCC(=O)NC6=O)C7=O)CC5)CC4)nc3)CC2)CN1c1ccc(C#N)c(Cl)c1. The van der Waals surface area contributed by atoms with Gasteiger partial charge in [-0.2, -0.15) is 5.26 Å². The third-order valence-electron chi connectivity index (χ3n) is 13.6. The van der Waals surface area contributed by atoms with Gasteiger partial charge in [-0.05, 0) is 93.2 Å². The van der Waals surface area contributed by atoms with E-state index in [1.165, 1.54) is 0 Å². The molecule has 3 aromatic rings. The highest BCUT2D eigenvalue weighted by molar-refractivity contribution is 6.32. The van der Waals surface area contributed by atoms with Gasteiger partial charge in [0, 0.05) is 89.3 Å². The molecule has 15 heteroatoms. The second kappa shape index (κ2) is 15.5. The second-order valence-electron chi connectivity index (χ2n) is 17.1. The highest BCUT2D eigenvalue weighted by atomic mass is 35.5. The van der Waals surface area contributed by atoms with Gasteiger partial charge < -0.3 is 19.6 Å². The lowest BCUT2D eigenvalue weighted by Crippen LogP contribution is -2.54. The van der Waals surface area contributed by atoms with Gasteiger partial charge in [-0.1, -0.05) is 11.6 Å². The Balaban J connectivity index is 0.721. The summed E-state index contributed by atoms with van der Waals surface area (Å²) in [6.45, 7) is 11.8. The number of amides is 4. The van der Waals surface area contributed by atoms with Crippen LogP contribution in [0.5, 0.6) is 0 Å². The number of benzene rings is 2. The maximum Gasteiger partial charge on any atom is 0.262 e. The van der Waals surface area contributed by atoms with Crippen LogP contribution in [0.3, 0.4) is 0 Å². The molecule has 2 atom stereocenters. The van der Waals surface area contributed by atoms with Crippen molar-refractivity contribution in [2.45, 2.75) is 64.0 Å². The molecule has 6 aliphatic rings. The highest BCUT2D eigenvalue weighted by Crippen LogP contribution is 2.46. The first-order valence-electron chi connectivity index (χ1n) is 20.7. The normalized spacial score (nSPS) is 24.1. The number of imide groups is 2. The van der Waals surface area contributed by atoms with E-state index in [0.717, 1.165) is 125 Å². The van der Waals surface area contributed by atoms with Crippen LogP contribution >= 0.6 is 11.6 Å². The maximum atomic E-state index is 13.3. The van der Waals surface area contributed by atoms with Crippen LogP contribution in [0.1, 0.15) is 78.1 Å². The smallest absolute Gasteiger partial charge is 0.262 e. The zero-order valence-corrected chi connectivity index (χ0v) is 33.7. The Hall–Kier alpha value is -5.26. The summed E-state index contributed by atoms with van der Waals surface area (Å²) in [5, 5.41) is 12.1. The number of carbonyl (C=O) groups excluding carboxylic acids is 4. The molecule has 5 saturated heterocycles. The average Bonchev–Trinajstić information content (AvgIpc) is 3.69. The summed E-state index contributed by atoms with van der Waals surface area (Å²) in [4.78, 5) is 73.2. The number of aromatic nitrogens is 2. The Kier molecular flexibility index (Phi) is 10.2. The molecule has 1 unspecified atom stereocenters. The third-order valence-corrected chi connectivity index (χ3v) is 13.9. The van der Waals surface area contributed by atoms with E-state index in [2.05, 4.69) is 42.8 Å². The van der Waals surface area contributed by atoms with Gasteiger partial charge in [-0.3, -0.25) is 34.3 Å². The van der Waals surface area contributed by atoms with Crippen molar-refractivity contribution >= 4 is 58.2 Å². The molecule has 0 radical (unpaired) electrons. The van der Waals surface area contributed by atoms with Crippen molar-refractivity contribution in [1.29, 1.82) is 5.26 Å². The lowest BCUT2D eigenvalue weighted by atomic mass is 9.76. The molecular formula is C43H49ClN10O4. The molecule has 302 valence electrons. The number of nitrogens with zero attached hydrogens (tertiary/aromatic N) is 9. The molecule has 9 rings (SSSR count). The molecule has 5 fully saturated rings. The van der Waals surface area contributed by atoms with Crippen LogP contribution in [0.25, 0.3) is 0 Å². The van der Waals surface area contributed by atoms with Crippen LogP contribution in [0.15, 0.2) is 48.8 Å². The molecule has 6 aliphatic heterocycles. The van der Waals surface area contributed by atoms with Gasteiger partial charge in [-0.25, -0.2) is 9.97 Å². The quantitative estimate of drug-likeness (QED) is 0.339. The fourth-order valence-electron chi connectivity index (χ4n) is 10.2. The number of rotatable bonds is 7. The number of nitriles is 1. The Bertz CT molecular complexity index is 2150. The van der Waals surface area contributed by atoms with E-state index >= 15 is 0 Å². The minimum absolute atomic E-state index is 0.101. The molecule has 2 aromatic carbocycles. The molecule has 1 spiro atoms. The van der Waals surface area contributed by atoms with Crippen molar-refractivity contribution in [2.24, 2.45) is 11.3 Å². The summed E-state index contributed by atoms with van der Waals surface area (Å²) in [5.41, 5.74) is 4.51. The van der Waals surface area contributed by atoms with Gasteiger partial charge in [0.2, 0.25) is 17.8 Å². The topological polar surface area (TPSA) is 149 Å². The number of piperidine rings is 3. The highest BCUT2D eigenvalue weighted by Gasteiger charge is 2.46. The number of hydrogen-bond acceptors (Lipinski definition) is 12. The molecule has 1 aromatic heterocycles. The number of hydrogen-bond donors (Lipinski definition) is 1. The van der Waals surface area contributed by atoms with E-state index in [9.17, 15) is 24.4 Å². The maximum absolute atomic E-state index is 13.3. The van der Waals surface area contributed by atoms with Crippen molar-refractivity contribution in [3.8, 4) is 6.07 Å². The second-order valence-corrected chi connectivity index (χ2v) is 17.5. The molecule has 0 saturated carbocycles. The molecule has 4 amide bonds. The van der Waals surface area contributed by atoms with Crippen LogP contribution in [0.4, 0.5) is 23.0 Å². The molecule has 1 N–H and O–H groups in total. The lowest BCUT2D eigenvalue weighted by Gasteiger charge is -2.40. The van der Waals surface area contributed by atoms with E-state index in [0.29, 0.717) is 33.7 Å². The van der Waals surface area contributed by atoms with Crippen LogP contribution in [-0.4, -0.2) is 121 Å². The number of carbonyl (C=O) groups is 4. The van der Waals surface area contributed by atoms with Crippen LogP contribution in [0, 0.1) is 22.7 Å². The van der Waals surface area contributed by atoms with Gasteiger partial charge >= 0.3 is 0 Å². The minimum atomic E-state index is -0.961. The minimum Gasteiger partial charge on any atom is -0.371 e. The van der Waals surface area contributed by atoms with Crippen molar-refractivity contribution < 1.29 is 19.2 Å². The first-order valence-corrected chi connectivity index (χ1v) is 21.1. The Morgan fingerprint density at radius 1 is 0.810 bits per heavy atom. The Morgan fingerprint density at radius 2 is 1.50 bits per heavy atom. The number of piperazine rings is 1. The fourth-order valence-corrected chi connectivity index (χ4v) is 10.4. The fraction of sp³-hybridized carbons (Fsp3) is 0.512. The predicted octanol–water partition coefficient (Wildman–Crippen LogP) is 4.33. The van der Waals surface area contributed by atoms with Gasteiger partial charge in [0.15, 0.2) is 0 Å². The van der Waals surface area contributed by atoms with Crippen LogP contribution < -0.4 is 24.9 Å². The Morgan fingerprint density at radius 3 is 2.19 bits per heavy atom. The molecule has 7 heterocycles. The van der Waals surface area contributed by atoms with Crippen molar-refractivity contribution in [1.82, 2.24) is 25.1 Å². The van der Waals surface area contributed by atoms with Crippen LogP contribution in [-0.2, 0) is 9.59 Å². The summed E-state index contributed by atoms with van der Waals surface area (Å²) in [6.07, 6.45) is 9.69. The summed E-state index contributed by atoms with van der Waals surface area (Å²) >= 11 is 6.38. The van der Waals surface area contributed by atoms with E-state index in [1.807, 2.05) is 36.7 Å². The largest absolute Gasteiger partial charge is 0.371 e. The van der Waals surface area contributed by atoms with E-state index < -0.39 is 23.8 Å². The molecule has 14 nitrogen and oxygen atoms in total. The zero-order valence-electron chi connectivity index (χ0n) is 32.9. The van der Waals surface area contributed by atoms with Gasteiger partial charge in [0.25, 0.3) is 11.8 Å². The van der Waals surface area contributed by atoms with Crippen molar-refractivity contribution in [2.75, 3.05) is 85.0 Å². The van der Waals surface area contributed by atoms with Crippen molar-refractivity contribution in [3.05, 3.63) is 70.5 Å². The van der Waals surface area contributed by atoms with Crippen LogP contribution in [0.2, 0.25) is 5.02 Å². The van der Waals surface area contributed by atoms with E-state index in [4.69, 9.17) is 21.6 Å². The first kappa shape index (κ1) is 38.3. The summed E-state index contributed by atoms with van der Waals surface area (Å²) in [5.74, 6) is -0.557. The number of nitrogens with one attached hydrogen (secondary N) is 1.